The Kier molecular flexibility index (Phi) is 4.07. The van der Waals surface area contributed by atoms with Gasteiger partial charge < -0.3 is 4.57 Å². The maximum atomic E-state index is 12.5. The van der Waals surface area contributed by atoms with E-state index >= 15 is 0 Å². The molecule has 0 amide bonds. The van der Waals surface area contributed by atoms with Gasteiger partial charge in [0.2, 0.25) is 4.80 Å². The van der Waals surface area contributed by atoms with Gasteiger partial charge in [-0.25, -0.2) is 0 Å². The Hall–Kier alpha value is -2.36. The van der Waals surface area contributed by atoms with Crippen LogP contribution in [0, 0.1) is 19.3 Å². The molecule has 3 rings (SSSR count). The van der Waals surface area contributed by atoms with E-state index in [1.165, 1.54) is 23.5 Å². The molecule has 0 bridgehead atoms. The number of hydrogen-bond donors (Lipinski definition) is 0. The molecule has 3 aromatic rings. The van der Waals surface area contributed by atoms with Gasteiger partial charge in [-0.3, -0.25) is 0 Å². The van der Waals surface area contributed by atoms with Crippen molar-refractivity contribution >= 4 is 31.6 Å². The first-order valence-corrected chi connectivity index (χ1v) is 9.16. The number of sulfonamides is 1. The summed E-state index contributed by atoms with van der Waals surface area (Å²) in [6, 6.07) is 14.1. The van der Waals surface area contributed by atoms with Gasteiger partial charge in [0.25, 0.3) is 10.0 Å². The summed E-state index contributed by atoms with van der Waals surface area (Å²) in [5.74, 6) is 2.56. The van der Waals surface area contributed by atoms with E-state index in [0.717, 1.165) is 15.8 Å². The first-order chi connectivity index (χ1) is 11.0. The summed E-state index contributed by atoms with van der Waals surface area (Å²) in [6.07, 6.45) is 5.43. The second-order valence-electron chi connectivity index (χ2n) is 5.03. The number of nitrogens with zero attached hydrogens (tertiary/aromatic N) is 2. The van der Waals surface area contributed by atoms with E-state index in [2.05, 4.69) is 10.3 Å². The number of fused-ring (bicyclic) bond motifs is 1. The third-order valence-electron chi connectivity index (χ3n) is 3.33. The molecule has 2 aromatic carbocycles. The molecule has 4 nitrogen and oxygen atoms in total. The van der Waals surface area contributed by atoms with Gasteiger partial charge in [0.1, 0.15) is 0 Å². The third kappa shape index (κ3) is 3.07. The quantitative estimate of drug-likeness (QED) is 0.687. The first-order valence-electron chi connectivity index (χ1n) is 6.91. The fourth-order valence-electron chi connectivity index (χ4n) is 2.24. The Morgan fingerprint density at radius 3 is 2.65 bits per heavy atom. The largest absolute Gasteiger partial charge is 0.304 e. The van der Waals surface area contributed by atoms with Gasteiger partial charge in [0.15, 0.2) is 0 Å². The van der Waals surface area contributed by atoms with Crippen molar-refractivity contribution in [2.45, 2.75) is 18.4 Å². The minimum Gasteiger partial charge on any atom is -0.304 e. The van der Waals surface area contributed by atoms with E-state index in [4.69, 9.17) is 6.42 Å². The fraction of sp³-hybridized carbons (Fsp3) is 0.118. The van der Waals surface area contributed by atoms with Crippen LogP contribution in [-0.2, 0) is 16.6 Å². The van der Waals surface area contributed by atoms with Gasteiger partial charge in [-0.1, -0.05) is 41.5 Å². The maximum absolute atomic E-state index is 12.5. The van der Waals surface area contributed by atoms with Crippen molar-refractivity contribution in [3.8, 4) is 12.3 Å². The van der Waals surface area contributed by atoms with Gasteiger partial charge in [-0.15, -0.1) is 10.8 Å². The second-order valence-corrected chi connectivity index (χ2v) is 7.64. The van der Waals surface area contributed by atoms with Gasteiger partial charge in [-0.05, 0) is 36.8 Å². The van der Waals surface area contributed by atoms with E-state index in [1.807, 2.05) is 25.1 Å². The van der Waals surface area contributed by atoms with E-state index in [-0.39, 0.29) is 11.4 Å². The summed E-state index contributed by atoms with van der Waals surface area (Å²) in [5, 5.41) is 0. The summed E-state index contributed by atoms with van der Waals surface area (Å²) in [6.45, 7) is 2.26. The number of aryl methyl sites for hydroxylation is 1. The van der Waals surface area contributed by atoms with E-state index in [0.29, 0.717) is 4.80 Å². The van der Waals surface area contributed by atoms with Crippen molar-refractivity contribution in [1.82, 2.24) is 4.57 Å². The predicted molar refractivity (Wildman–Crippen MR) is 92.6 cm³/mol. The lowest BCUT2D eigenvalue weighted by atomic mass is 10.2. The predicted octanol–water partition coefficient (Wildman–Crippen LogP) is 2.93. The van der Waals surface area contributed by atoms with E-state index < -0.39 is 10.0 Å². The SMILES string of the molecule is C#CCn1/c(=N/S(=O)(=O)c2ccccc2)sc2cc(C)ccc21. The Balaban J connectivity index is 2.27. The minimum absolute atomic E-state index is 0.167. The lowest BCUT2D eigenvalue weighted by Crippen LogP contribution is -2.16. The standard InChI is InChI=1S/C17H14N2O2S2/c1-3-11-19-15-10-9-13(2)12-16(15)22-17(19)18-23(20,21)14-7-5-4-6-8-14/h1,4-10,12H,11H2,2H3/b18-17-. The average molecular weight is 342 g/mol. The molecular weight excluding hydrogens is 328 g/mol. The summed E-state index contributed by atoms with van der Waals surface area (Å²) >= 11 is 1.32. The summed E-state index contributed by atoms with van der Waals surface area (Å²) in [7, 11) is -3.77. The molecule has 0 aliphatic carbocycles. The second kappa shape index (κ2) is 6.03. The molecule has 0 atom stereocenters. The highest BCUT2D eigenvalue weighted by atomic mass is 32.2. The van der Waals surface area contributed by atoms with Crippen LogP contribution >= 0.6 is 11.3 Å². The molecule has 0 saturated carbocycles. The van der Waals surface area contributed by atoms with E-state index in [1.54, 1.807) is 22.8 Å². The van der Waals surface area contributed by atoms with Crippen LogP contribution in [-0.4, -0.2) is 13.0 Å². The molecule has 0 spiro atoms. The van der Waals surface area contributed by atoms with E-state index in [9.17, 15) is 8.42 Å². The zero-order valence-corrected chi connectivity index (χ0v) is 14.1. The number of terminal acetylenes is 1. The highest BCUT2D eigenvalue weighted by molar-refractivity contribution is 7.90. The average Bonchev–Trinajstić information content (AvgIpc) is 2.84. The first kappa shape index (κ1) is 15.5. The molecule has 116 valence electrons. The molecule has 0 unspecified atom stereocenters. The minimum atomic E-state index is -3.77. The fourth-order valence-corrected chi connectivity index (χ4v) is 4.59. The topological polar surface area (TPSA) is 51.4 Å². The van der Waals surface area contributed by atoms with Gasteiger partial charge >= 0.3 is 0 Å². The van der Waals surface area contributed by atoms with Crippen molar-refractivity contribution in [2.75, 3.05) is 0 Å². The lowest BCUT2D eigenvalue weighted by Gasteiger charge is -2.01. The zero-order chi connectivity index (χ0) is 16.4. The molecule has 1 heterocycles. The lowest BCUT2D eigenvalue weighted by molar-refractivity contribution is 0.596. The van der Waals surface area contributed by atoms with Crippen LogP contribution in [0.1, 0.15) is 5.56 Å². The van der Waals surface area contributed by atoms with Gasteiger partial charge in [0, 0.05) is 0 Å². The third-order valence-corrected chi connectivity index (χ3v) is 5.76. The summed E-state index contributed by atoms with van der Waals surface area (Å²) < 4.78 is 31.7. The number of aromatic nitrogens is 1. The van der Waals surface area contributed by atoms with Crippen molar-refractivity contribution in [3.63, 3.8) is 0 Å². The Bertz CT molecular complexity index is 1070. The molecular formula is C17H14N2O2S2. The van der Waals surface area contributed by atoms with Crippen LogP contribution < -0.4 is 4.80 Å². The van der Waals surface area contributed by atoms with Crippen molar-refractivity contribution in [2.24, 2.45) is 4.40 Å². The van der Waals surface area contributed by atoms with Crippen LogP contribution in [0.5, 0.6) is 0 Å². The smallest absolute Gasteiger partial charge is 0.285 e. The van der Waals surface area contributed by atoms with Crippen LogP contribution in [0.15, 0.2) is 57.8 Å². The Morgan fingerprint density at radius 2 is 1.96 bits per heavy atom. The van der Waals surface area contributed by atoms with Crippen molar-refractivity contribution < 1.29 is 8.42 Å². The van der Waals surface area contributed by atoms with Crippen LogP contribution in [0.25, 0.3) is 10.2 Å². The maximum Gasteiger partial charge on any atom is 0.285 e. The highest BCUT2D eigenvalue weighted by Crippen LogP contribution is 2.20. The number of thiazole rings is 1. The molecule has 0 N–H and O–H groups in total. The molecule has 0 aliphatic heterocycles. The molecule has 0 aliphatic rings. The summed E-state index contributed by atoms with van der Waals surface area (Å²) in [5.41, 5.74) is 1.99. The van der Waals surface area contributed by atoms with Crippen LogP contribution in [0.4, 0.5) is 0 Å². The Labute approximate surface area is 138 Å². The number of benzene rings is 2. The van der Waals surface area contributed by atoms with Gasteiger partial charge in [-0.2, -0.15) is 8.42 Å². The van der Waals surface area contributed by atoms with Crippen LogP contribution in [0.3, 0.4) is 0 Å². The van der Waals surface area contributed by atoms with Crippen molar-refractivity contribution in [1.29, 1.82) is 0 Å². The number of hydrogen-bond acceptors (Lipinski definition) is 3. The number of rotatable bonds is 3. The van der Waals surface area contributed by atoms with Crippen molar-refractivity contribution in [3.05, 3.63) is 58.9 Å². The Morgan fingerprint density at radius 1 is 1.22 bits per heavy atom. The van der Waals surface area contributed by atoms with Gasteiger partial charge in [0.05, 0.1) is 21.7 Å². The van der Waals surface area contributed by atoms with Crippen LogP contribution in [0.2, 0.25) is 0 Å². The molecule has 0 radical (unpaired) electrons. The normalized spacial score (nSPS) is 12.4. The molecule has 1 aromatic heterocycles. The highest BCUT2D eigenvalue weighted by Gasteiger charge is 2.14. The monoisotopic (exact) mass is 342 g/mol. The molecule has 0 saturated heterocycles. The summed E-state index contributed by atoms with van der Waals surface area (Å²) in [4.78, 5) is 0.549. The molecule has 0 fully saturated rings. The molecule has 23 heavy (non-hydrogen) atoms. The molecule has 6 heteroatoms. The zero-order valence-electron chi connectivity index (χ0n) is 12.4.